The molecule has 2 bridgehead atoms. The number of alkyl halides is 1. The van der Waals surface area contributed by atoms with Gasteiger partial charge in [0.2, 0.25) is 5.88 Å². The van der Waals surface area contributed by atoms with Gasteiger partial charge in [-0.25, -0.2) is 28.7 Å². The maximum Gasteiger partial charge on any atom is 0.280 e. The normalized spacial score (nSPS) is 21.7. The highest BCUT2D eigenvalue weighted by molar-refractivity contribution is 6.00. The molecule has 3 aromatic heterocycles. The third-order valence-electron chi connectivity index (χ3n) is 5.21. The average Bonchev–Trinajstić information content (AvgIpc) is 3.26. The molecule has 2 aliphatic heterocycles. The first-order chi connectivity index (χ1) is 14.5. The average molecular weight is 416 g/mol. The largest absolute Gasteiger partial charge is 0.475 e. The van der Waals surface area contributed by atoms with Crippen molar-refractivity contribution in [2.75, 3.05) is 24.7 Å². The van der Waals surface area contributed by atoms with Crippen LogP contribution in [0.3, 0.4) is 0 Å². The second-order valence-corrected chi connectivity index (χ2v) is 7.19. The maximum absolute atomic E-state index is 14.5. The van der Waals surface area contributed by atoms with E-state index >= 15 is 0 Å². The second-order valence-electron chi connectivity index (χ2n) is 7.19. The lowest BCUT2D eigenvalue weighted by Crippen LogP contribution is -2.28. The van der Waals surface area contributed by atoms with Gasteiger partial charge in [0, 0.05) is 18.2 Å². The number of ether oxygens (including phenoxy) is 1. The van der Waals surface area contributed by atoms with E-state index in [9.17, 15) is 13.6 Å². The predicted octanol–water partition coefficient (Wildman–Crippen LogP) is 1.92. The van der Waals surface area contributed by atoms with Gasteiger partial charge in [-0.15, -0.1) is 0 Å². The molecule has 0 aromatic carbocycles. The van der Waals surface area contributed by atoms with Crippen molar-refractivity contribution in [2.24, 2.45) is 0 Å². The van der Waals surface area contributed by atoms with E-state index in [1.807, 2.05) is 0 Å². The van der Waals surface area contributed by atoms with Crippen molar-refractivity contribution >= 4 is 17.4 Å². The van der Waals surface area contributed by atoms with Crippen LogP contribution >= 0.6 is 0 Å². The predicted molar refractivity (Wildman–Crippen MR) is 100 cm³/mol. The van der Waals surface area contributed by atoms with Gasteiger partial charge in [-0.3, -0.25) is 9.63 Å². The lowest BCUT2D eigenvalue weighted by atomic mass is 10.1. The Kier molecular flexibility index (Phi) is 4.46. The first kappa shape index (κ1) is 18.7. The molecule has 1 saturated heterocycles. The number of aromatic nitrogens is 4. The van der Waals surface area contributed by atoms with E-state index in [0.29, 0.717) is 22.7 Å². The molecule has 30 heavy (non-hydrogen) atoms. The monoisotopic (exact) mass is 416 g/mol. The summed E-state index contributed by atoms with van der Waals surface area (Å²) in [6.45, 7) is 1.85. The van der Waals surface area contributed by atoms with Crippen LogP contribution in [0.1, 0.15) is 34.1 Å². The van der Waals surface area contributed by atoms with Crippen LogP contribution < -0.4 is 15.1 Å². The molecule has 5 rings (SSSR count). The summed E-state index contributed by atoms with van der Waals surface area (Å²) in [5.74, 6) is -0.406. The second kappa shape index (κ2) is 7.17. The van der Waals surface area contributed by atoms with Gasteiger partial charge in [0.25, 0.3) is 5.91 Å². The van der Waals surface area contributed by atoms with Gasteiger partial charge in [-0.2, -0.15) is 5.10 Å². The molecule has 1 amide bonds. The number of nitrogens with zero attached hydrogens (tertiary/aromatic N) is 5. The van der Waals surface area contributed by atoms with Crippen molar-refractivity contribution < 1.29 is 23.1 Å². The molecule has 2 atom stereocenters. The molecule has 0 spiro atoms. The van der Waals surface area contributed by atoms with E-state index in [0.717, 1.165) is 6.20 Å². The number of pyridine rings is 1. The summed E-state index contributed by atoms with van der Waals surface area (Å²) >= 11 is 0. The molecule has 1 fully saturated rings. The fraction of sp³-hybridized carbons (Fsp3) is 0.368. The number of anilines is 1. The number of aryl methyl sites for hydroxylation is 1. The van der Waals surface area contributed by atoms with Crippen LogP contribution in [0.5, 0.6) is 5.88 Å². The fourth-order valence-electron chi connectivity index (χ4n) is 3.94. The van der Waals surface area contributed by atoms with E-state index in [4.69, 9.17) is 9.57 Å². The van der Waals surface area contributed by atoms with Crippen LogP contribution in [-0.2, 0) is 4.84 Å². The summed E-state index contributed by atoms with van der Waals surface area (Å²) in [4.78, 5) is 28.1. The number of fused-ring (bicyclic) bond motifs is 5. The highest BCUT2D eigenvalue weighted by atomic mass is 19.1. The quantitative estimate of drug-likeness (QED) is 0.598. The Labute approximate surface area is 169 Å². The molecule has 2 aliphatic rings. The van der Waals surface area contributed by atoms with Crippen LogP contribution in [0, 0.1) is 12.7 Å². The maximum atomic E-state index is 14.5. The third kappa shape index (κ3) is 3.11. The Morgan fingerprint density at radius 1 is 1.33 bits per heavy atom. The minimum absolute atomic E-state index is 0.0291. The zero-order valence-electron chi connectivity index (χ0n) is 16.0. The van der Waals surface area contributed by atoms with Crippen molar-refractivity contribution in [3.63, 3.8) is 0 Å². The first-order valence-electron chi connectivity index (χ1n) is 9.48. The lowest BCUT2D eigenvalue weighted by Gasteiger charge is -2.27. The molecule has 0 radical (unpaired) electrons. The van der Waals surface area contributed by atoms with Crippen molar-refractivity contribution in [2.45, 2.75) is 25.6 Å². The number of hydroxylamine groups is 1. The Bertz CT molecular complexity index is 1140. The first-order valence-corrected chi connectivity index (χ1v) is 9.48. The van der Waals surface area contributed by atoms with Crippen LogP contribution in [0.15, 0.2) is 24.5 Å². The molecule has 11 heteroatoms. The minimum Gasteiger partial charge on any atom is -0.475 e. The molecule has 9 nitrogen and oxygen atoms in total. The summed E-state index contributed by atoms with van der Waals surface area (Å²) in [5, 5.41) is 4.31. The molecule has 5 heterocycles. The number of halogens is 2. The molecule has 0 aliphatic carbocycles. The van der Waals surface area contributed by atoms with Crippen LogP contribution in [0.4, 0.5) is 14.6 Å². The van der Waals surface area contributed by atoms with Crippen molar-refractivity contribution in [1.82, 2.24) is 25.1 Å². The minimum atomic E-state index is -1.14. The van der Waals surface area contributed by atoms with Crippen molar-refractivity contribution in [3.05, 3.63) is 47.2 Å². The Morgan fingerprint density at radius 3 is 3.07 bits per heavy atom. The van der Waals surface area contributed by atoms with E-state index < -0.39 is 23.9 Å². The van der Waals surface area contributed by atoms with Gasteiger partial charge in [0.15, 0.2) is 5.65 Å². The van der Waals surface area contributed by atoms with Crippen LogP contribution in [0.25, 0.3) is 5.65 Å². The van der Waals surface area contributed by atoms with Gasteiger partial charge in [-0.05, 0) is 19.1 Å². The van der Waals surface area contributed by atoms with E-state index in [1.54, 1.807) is 24.1 Å². The van der Waals surface area contributed by atoms with Gasteiger partial charge in [0.05, 0.1) is 24.5 Å². The highest BCUT2D eigenvalue weighted by Gasteiger charge is 2.37. The topological polar surface area (TPSA) is 93.9 Å². The van der Waals surface area contributed by atoms with Gasteiger partial charge in [-0.1, -0.05) is 0 Å². The molecule has 1 N–H and O–H groups in total. The van der Waals surface area contributed by atoms with Crippen molar-refractivity contribution in [1.29, 1.82) is 0 Å². The SMILES string of the molecule is Cc1nn2ccc3nc2c1C(=O)NOCCOc1ncc(F)cc1[C@H]1C[C@H](F)CN31. The standard InChI is InChI=1S/C19H18F2N6O3/c1-10-16-17-23-15(2-3-27(17)24-10)26-9-12(21)7-14(26)13-6-11(20)8-22-19(13)29-4-5-30-25-18(16)28/h2-3,6,8,12,14H,4-5,7,9H2,1H3,(H,25,28)/t12-,14+/m0/s1. The molecule has 0 unspecified atom stereocenters. The number of amides is 1. The fourth-order valence-corrected chi connectivity index (χ4v) is 3.94. The molecule has 156 valence electrons. The summed E-state index contributed by atoms with van der Waals surface area (Å²) in [5.41, 5.74) is 3.84. The molecular formula is C19H18F2N6O3. The highest BCUT2D eigenvalue weighted by Crippen LogP contribution is 2.40. The Balaban J connectivity index is 1.68. The number of hydrogen-bond donors (Lipinski definition) is 1. The number of carbonyl (C=O) groups is 1. The molecular weight excluding hydrogens is 398 g/mol. The van der Waals surface area contributed by atoms with Gasteiger partial charge in [0.1, 0.15) is 36.6 Å². The smallest absolute Gasteiger partial charge is 0.280 e. The summed E-state index contributed by atoms with van der Waals surface area (Å²) in [7, 11) is 0. The number of carbonyl (C=O) groups excluding carboxylic acids is 1. The van der Waals surface area contributed by atoms with Gasteiger partial charge >= 0.3 is 0 Å². The molecule has 3 aromatic rings. The number of rotatable bonds is 0. The van der Waals surface area contributed by atoms with E-state index in [1.165, 1.54) is 10.6 Å². The summed E-state index contributed by atoms with van der Waals surface area (Å²) in [6, 6.07) is 2.46. The third-order valence-corrected chi connectivity index (χ3v) is 5.21. The number of nitrogens with one attached hydrogen (secondary N) is 1. The van der Waals surface area contributed by atoms with Crippen LogP contribution in [0.2, 0.25) is 0 Å². The zero-order valence-corrected chi connectivity index (χ0v) is 16.0. The number of hydrogen-bond acceptors (Lipinski definition) is 7. The lowest BCUT2D eigenvalue weighted by molar-refractivity contribution is 0.0194. The molecule has 0 saturated carbocycles. The van der Waals surface area contributed by atoms with E-state index in [2.05, 4.69) is 20.5 Å². The summed E-state index contributed by atoms with van der Waals surface area (Å²) in [6.07, 6.45) is 1.69. The van der Waals surface area contributed by atoms with Gasteiger partial charge < -0.3 is 9.64 Å². The van der Waals surface area contributed by atoms with E-state index in [-0.39, 0.29) is 37.6 Å². The summed E-state index contributed by atoms with van der Waals surface area (Å²) < 4.78 is 35.6. The Morgan fingerprint density at radius 2 is 2.20 bits per heavy atom. The zero-order chi connectivity index (χ0) is 20.8. The van der Waals surface area contributed by atoms with Crippen molar-refractivity contribution in [3.8, 4) is 5.88 Å². The van der Waals surface area contributed by atoms with Crippen LogP contribution in [-0.4, -0.2) is 51.4 Å². The Hall–Kier alpha value is -3.34.